The number of carbonyl (C=O) groups is 1. The van der Waals surface area contributed by atoms with Gasteiger partial charge in [-0.15, -0.1) is 0 Å². The van der Waals surface area contributed by atoms with E-state index in [0.717, 1.165) is 21.8 Å². The molecule has 8 heteroatoms. The zero-order valence-electron chi connectivity index (χ0n) is 17.8. The summed E-state index contributed by atoms with van der Waals surface area (Å²) in [6, 6.07) is 18.3. The Labute approximate surface area is 193 Å². The maximum Gasteiger partial charge on any atom is 0.331 e. The molecule has 4 rings (SSSR count). The lowest BCUT2D eigenvalue weighted by Gasteiger charge is -2.14. The first-order valence-corrected chi connectivity index (χ1v) is 10.7. The first-order valence-electron chi connectivity index (χ1n) is 10.4. The molecule has 6 nitrogen and oxygen atoms in total. The van der Waals surface area contributed by atoms with Crippen LogP contribution in [0.1, 0.15) is 11.1 Å². The zero-order chi connectivity index (χ0) is 23.5. The van der Waals surface area contributed by atoms with Crippen molar-refractivity contribution in [2.24, 2.45) is 0 Å². The van der Waals surface area contributed by atoms with E-state index >= 15 is 0 Å². The fourth-order valence-corrected chi connectivity index (χ4v) is 3.93. The number of nitrogens with zero attached hydrogens (tertiary/aromatic N) is 2. The molecule has 1 amide bonds. The van der Waals surface area contributed by atoms with Gasteiger partial charge in [0.25, 0.3) is 5.56 Å². The molecule has 1 aromatic heterocycles. The maximum absolute atomic E-state index is 13.4. The summed E-state index contributed by atoms with van der Waals surface area (Å²) < 4.78 is 15.8. The summed E-state index contributed by atoms with van der Waals surface area (Å²) in [5, 5.41) is 2.83. The van der Waals surface area contributed by atoms with Crippen LogP contribution in [0.2, 0.25) is 5.02 Å². The molecule has 0 unspecified atom stereocenters. The molecule has 168 valence electrons. The number of anilines is 1. The number of nitrogens with one attached hydrogen (secondary N) is 1. The van der Waals surface area contributed by atoms with E-state index < -0.39 is 23.0 Å². The van der Waals surface area contributed by atoms with Crippen LogP contribution in [0.4, 0.5) is 10.1 Å². The Bertz CT molecular complexity index is 1480. The number of hydrogen-bond donors (Lipinski definition) is 1. The van der Waals surface area contributed by atoms with Crippen molar-refractivity contribution in [2.45, 2.75) is 26.4 Å². The molecule has 4 aromatic rings. The van der Waals surface area contributed by atoms with Crippen LogP contribution in [-0.4, -0.2) is 15.0 Å². The highest BCUT2D eigenvalue weighted by molar-refractivity contribution is 6.31. The monoisotopic (exact) mass is 465 g/mol. The number of amides is 1. The molecule has 1 heterocycles. The van der Waals surface area contributed by atoms with Gasteiger partial charge in [-0.05, 0) is 49.2 Å². The highest BCUT2D eigenvalue weighted by atomic mass is 35.5. The van der Waals surface area contributed by atoms with Crippen molar-refractivity contribution in [1.82, 2.24) is 9.13 Å². The van der Waals surface area contributed by atoms with Crippen LogP contribution in [0.25, 0.3) is 10.9 Å². The van der Waals surface area contributed by atoms with Gasteiger partial charge < -0.3 is 5.32 Å². The van der Waals surface area contributed by atoms with E-state index in [1.807, 2.05) is 31.2 Å². The Morgan fingerprint density at radius 3 is 2.55 bits per heavy atom. The second-order valence-electron chi connectivity index (χ2n) is 7.76. The maximum atomic E-state index is 13.4. The van der Waals surface area contributed by atoms with Gasteiger partial charge >= 0.3 is 5.69 Å². The van der Waals surface area contributed by atoms with Gasteiger partial charge in [0.15, 0.2) is 0 Å². The van der Waals surface area contributed by atoms with Crippen LogP contribution in [-0.2, 0) is 24.3 Å². The summed E-state index contributed by atoms with van der Waals surface area (Å²) in [7, 11) is 0. The molecule has 0 spiro atoms. The topological polar surface area (TPSA) is 73.1 Å². The minimum atomic E-state index is -0.599. The number of halogens is 2. The van der Waals surface area contributed by atoms with E-state index in [-0.39, 0.29) is 18.1 Å². The van der Waals surface area contributed by atoms with Gasteiger partial charge in [-0.25, -0.2) is 9.18 Å². The Kier molecular flexibility index (Phi) is 6.42. The molecule has 33 heavy (non-hydrogen) atoms. The third-order valence-corrected chi connectivity index (χ3v) is 5.63. The molecule has 3 aromatic carbocycles. The fourth-order valence-electron chi connectivity index (χ4n) is 3.75. The van der Waals surface area contributed by atoms with Gasteiger partial charge in [0.05, 0.1) is 15.9 Å². The third kappa shape index (κ3) is 4.88. The lowest BCUT2D eigenvalue weighted by atomic mass is 10.1. The Balaban J connectivity index is 1.68. The van der Waals surface area contributed by atoms with Crippen LogP contribution in [0.5, 0.6) is 0 Å². The summed E-state index contributed by atoms with van der Waals surface area (Å²) in [4.78, 5) is 39.0. The number of rotatable bonds is 6. The quantitative estimate of drug-likeness (QED) is 0.465. The zero-order valence-corrected chi connectivity index (χ0v) is 18.6. The van der Waals surface area contributed by atoms with Crippen molar-refractivity contribution in [3.8, 4) is 0 Å². The first kappa shape index (κ1) is 22.5. The minimum Gasteiger partial charge on any atom is -0.324 e. The van der Waals surface area contributed by atoms with Gasteiger partial charge in [0.1, 0.15) is 12.4 Å². The molecule has 0 fully saturated rings. The Hall–Kier alpha value is -3.71. The number of para-hydroxylation sites is 1. The molecule has 0 aliphatic heterocycles. The summed E-state index contributed by atoms with van der Waals surface area (Å²) in [6.45, 7) is 1.84. The highest BCUT2D eigenvalue weighted by Crippen LogP contribution is 2.19. The summed E-state index contributed by atoms with van der Waals surface area (Å²) in [6.07, 6.45) is 0.495. The molecule has 0 atom stereocenters. The van der Waals surface area contributed by atoms with Crippen LogP contribution >= 0.6 is 11.6 Å². The van der Waals surface area contributed by atoms with Crippen molar-refractivity contribution in [1.29, 1.82) is 0 Å². The Morgan fingerprint density at radius 2 is 1.79 bits per heavy atom. The average Bonchev–Trinajstić information content (AvgIpc) is 2.79. The fraction of sp³-hybridized carbons (Fsp3) is 0.160. The average molecular weight is 466 g/mol. The number of fused-ring (bicyclic) bond motifs is 1. The molecule has 0 saturated carbocycles. The van der Waals surface area contributed by atoms with Crippen molar-refractivity contribution in [3.63, 3.8) is 0 Å². The molecule has 0 aliphatic carbocycles. The summed E-state index contributed by atoms with van der Waals surface area (Å²) in [5.41, 5.74) is 1.80. The number of hydrogen-bond acceptors (Lipinski definition) is 3. The van der Waals surface area contributed by atoms with E-state index in [1.54, 1.807) is 24.3 Å². The predicted octanol–water partition coefficient (Wildman–Crippen LogP) is 4.15. The molecule has 0 radical (unpaired) electrons. The van der Waals surface area contributed by atoms with E-state index in [0.29, 0.717) is 23.0 Å². The van der Waals surface area contributed by atoms with Crippen LogP contribution in [0.15, 0.2) is 76.3 Å². The smallest absolute Gasteiger partial charge is 0.324 e. The van der Waals surface area contributed by atoms with E-state index in [2.05, 4.69) is 5.32 Å². The Morgan fingerprint density at radius 1 is 1.00 bits per heavy atom. The van der Waals surface area contributed by atoms with E-state index in [1.165, 1.54) is 16.7 Å². The van der Waals surface area contributed by atoms with Gasteiger partial charge in [0, 0.05) is 12.2 Å². The van der Waals surface area contributed by atoms with Gasteiger partial charge in [-0.1, -0.05) is 53.6 Å². The summed E-state index contributed by atoms with van der Waals surface area (Å²) >= 11 is 5.77. The second kappa shape index (κ2) is 9.42. The van der Waals surface area contributed by atoms with E-state index in [9.17, 15) is 18.8 Å². The van der Waals surface area contributed by atoms with Crippen LogP contribution in [0, 0.1) is 12.7 Å². The standard InChI is InChI=1S/C25H21ClFN3O3/c1-16-5-4-6-17(13-16)11-12-29-24(32)19-7-2-3-8-22(19)30(25(29)33)15-23(31)28-18-9-10-21(27)20(26)14-18/h2-10,13-14H,11-12,15H2,1H3,(H,28,31). The SMILES string of the molecule is Cc1cccc(CCn2c(=O)c3ccccc3n(CC(=O)Nc3ccc(F)c(Cl)c3)c2=O)c1. The van der Waals surface area contributed by atoms with Crippen molar-refractivity contribution in [3.05, 3.63) is 110 Å². The number of aryl methyl sites for hydroxylation is 2. The largest absolute Gasteiger partial charge is 0.331 e. The van der Waals surface area contributed by atoms with Crippen molar-refractivity contribution < 1.29 is 9.18 Å². The molecule has 0 saturated heterocycles. The molecular formula is C25H21ClFN3O3. The highest BCUT2D eigenvalue weighted by Gasteiger charge is 2.16. The molecule has 0 bridgehead atoms. The van der Waals surface area contributed by atoms with Crippen molar-refractivity contribution in [2.75, 3.05) is 5.32 Å². The minimum absolute atomic E-state index is 0.125. The lowest BCUT2D eigenvalue weighted by Crippen LogP contribution is -2.42. The number of benzene rings is 3. The molecular weight excluding hydrogens is 445 g/mol. The van der Waals surface area contributed by atoms with Crippen LogP contribution < -0.4 is 16.6 Å². The normalized spacial score (nSPS) is 11.0. The summed E-state index contributed by atoms with van der Waals surface area (Å²) in [5.74, 6) is -1.11. The van der Waals surface area contributed by atoms with Gasteiger partial charge in [-0.3, -0.25) is 18.7 Å². The van der Waals surface area contributed by atoms with Gasteiger partial charge in [-0.2, -0.15) is 0 Å². The molecule has 0 aliphatic rings. The number of aromatic nitrogens is 2. The molecule has 1 N–H and O–H groups in total. The van der Waals surface area contributed by atoms with Gasteiger partial charge in [0.2, 0.25) is 5.91 Å². The second-order valence-corrected chi connectivity index (χ2v) is 8.17. The van der Waals surface area contributed by atoms with E-state index in [4.69, 9.17) is 11.6 Å². The predicted molar refractivity (Wildman–Crippen MR) is 127 cm³/mol. The van der Waals surface area contributed by atoms with Crippen LogP contribution in [0.3, 0.4) is 0 Å². The van der Waals surface area contributed by atoms with Crippen molar-refractivity contribution >= 4 is 34.1 Å². The number of carbonyl (C=O) groups excluding carboxylic acids is 1. The third-order valence-electron chi connectivity index (χ3n) is 5.34. The first-order chi connectivity index (χ1) is 15.8. The lowest BCUT2D eigenvalue weighted by molar-refractivity contribution is -0.116.